The van der Waals surface area contributed by atoms with Crippen molar-refractivity contribution < 1.29 is 23.8 Å². The Morgan fingerprint density at radius 1 is 0.690 bits per heavy atom. The Labute approximate surface area is 169 Å². The van der Waals surface area contributed by atoms with E-state index in [2.05, 4.69) is 5.32 Å². The Morgan fingerprint density at radius 2 is 1.28 bits per heavy atom. The minimum Gasteiger partial charge on any atom is -0.497 e. The molecule has 0 atom stereocenters. The molecule has 148 valence electrons. The zero-order valence-electron chi connectivity index (χ0n) is 16.4. The molecule has 0 aliphatic rings. The molecule has 0 fully saturated rings. The Bertz CT molecular complexity index is 1010. The third-order valence-corrected chi connectivity index (χ3v) is 4.39. The van der Waals surface area contributed by atoms with Gasteiger partial charge in [-0.3, -0.25) is 9.59 Å². The quantitative estimate of drug-likeness (QED) is 0.611. The van der Waals surface area contributed by atoms with E-state index in [-0.39, 0.29) is 11.7 Å². The average molecular weight is 391 g/mol. The van der Waals surface area contributed by atoms with Crippen LogP contribution in [-0.2, 0) is 0 Å². The fourth-order valence-electron chi connectivity index (χ4n) is 2.82. The molecule has 0 spiro atoms. The standard InChI is InChI=1S/C23H21NO5/c1-27-17-10-8-15(9-11-17)22(25)20-6-4-5-7-21(20)24-23(26)16-12-18(28-2)14-19(13-16)29-3/h4-14H,1-3H3,(H,24,26). The second kappa shape index (κ2) is 8.93. The third-order valence-electron chi connectivity index (χ3n) is 4.39. The molecule has 0 saturated heterocycles. The lowest BCUT2D eigenvalue weighted by molar-refractivity contribution is 0.102. The van der Waals surface area contributed by atoms with Gasteiger partial charge in [0.25, 0.3) is 5.91 Å². The van der Waals surface area contributed by atoms with E-state index in [4.69, 9.17) is 14.2 Å². The van der Waals surface area contributed by atoms with E-state index in [0.717, 1.165) is 0 Å². The van der Waals surface area contributed by atoms with E-state index < -0.39 is 0 Å². The van der Waals surface area contributed by atoms with Gasteiger partial charge in [-0.25, -0.2) is 0 Å². The number of hydrogen-bond acceptors (Lipinski definition) is 5. The highest BCUT2D eigenvalue weighted by Crippen LogP contribution is 2.25. The normalized spacial score (nSPS) is 10.2. The summed E-state index contributed by atoms with van der Waals surface area (Å²) in [5, 5.41) is 2.81. The van der Waals surface area contributed by atoms with Crippen LogP contribution in [0.15, 0.2) is 66.7 Å². The molecule has 0 aromatic heterocycles. The van der Waals surface area contributed by atoms with Gasteiger partial charge in [-0.2, -0.15) is 0 Å². The van der Waals surface area contributed by atoms with E-state index in [1.54, 1.807) is 73.8 Å². The molecule has 0 aliphatic heterocycles. The third kappa shape index (κ3) is 4.55. The molecule has 0 bridgehead atoms. The monoisotopic (exact) mass is 391 g/mol. The van der Waals surface area contributed by atoms with Crippen LogP contribution < -0.4 is 19.5 Å². The van der Waals surface area contributed by atoms with E-state index in [1.165, 1.54) is 14.2 Å². The van der Waals surface area contributed by atoms with Gasteiger partial charge in [-0.15, -0.1) is 0 Å². The summed E-state index contributed by atoms with van der Waals surface area (Å²) in [5.74, 6) is 1.08. The van der Waals surface area contributed by atoms with Gasteiger partial charge in [-0.05, 0) is 48.5 Å². The summed E-state index contributed by atoms with van der Waals surface area (Å²) in [5.41, 5.74) is 1.66. The Morgan fingerprint density at radius 3 is 1.86 bits per heavy atom. The van der Waals surface area contributed by atoms with E-state index in [0.29, 0.717) is 39.6 Å². The Kier molecular flexibility index (Phi) is 6.14. The molecule has 0 saturated carbocycles. The highest BCUT2D eigenvalue weighted by atomic mass is 16.5. The van der Waals surface area contributed by atoms with Gasteiger partial charge in [0, 0.05) is 22.8 Å². The summed E-state index contributed by atoms with van der Waals surface area (Å²) >= 11 is 0. The molecule has 0 heterocycles. The maximum absolute atomic E-state index is 13.0. The Hall–Kier alpha value is -3.80. The molecule has 6 nitrogen and oxygen atoms in total. The summed E-state index contributed by atoms with van der Waals surface area (Å²) in [6.07, 6.45) is 0. The van der Waals surface area contributed by atoms with Gasteiger partial charge in [0.1, 0.15) is 17.2 Å². The number of methoxy groups -OCH3 is 3. The van der Waals surface area contributed by atoms with Crippen molar-refractivity contribution >= 4 is 17.4 Å². The summed E-state index contributed by atoms with van der Waals surface area (Å²) in [4.78, 5) is 25.7. The molecule has 29 heavy (non-hydrogen) atoms. The summed E-state index contributed by atoms with van der Waals surface area (Å²) in [6.45, 7) is 0. The minimum atomic E-state index is -0.378. The van der Waals surface area contributed by atoms with Crippen molar-refractivity contribution in [1.29, 1.82) is 0 Å². The molecule has 3 rings (SSSR count). The van der Waals surface area contributed by atoms with Gasteiger partial charge in [0.05, 0.1) is 27.0 Å². The number of ketones is 1. The topological polar surface area (TPSA) is 73.9 Å². The first kappa shape index (κ1) is 19.9. The molecular weight excluding hydrogens is 370 g/mol. The lowest BCUT2D eigenvalue weighted by atomic mass is 10.0. The predicted octanol–water partition coefficient (Wildman–Crippen LogP) is 4.20. The lowest BCUT2D eigenvalue weighted by Crippen LogP contribution is -2.15. The van der Waals surface area contributed by atoms with Crippen molar-refractivity contribution in [1.82, 2.24) is 0 Å². The number of ether oxygens (including phenoxy) is 3. The van der Waals surface area contributed by atoms with Crippen molar-refractivity contribution in [2.24, 2.45) is 0 Å². The fourth-order valence-corrected chi connectivity index (χ4v) is 2.82. The predicted molar refractivity (Wildman–Crippen MR) is 110 cm³/mol. The van der Waals surface area contributed by atoms with E-state index >= 15 is 0 Å². The average Bonchev–Trinajstić information content (AvgIpc) is 2.78. The van der Waals surface area contributed by atoms with Crippen LogP contribution in [0.2, 0.25) is 0 Å². The number of para-hydroxylation sites is 1. The maximum atomic E-state index is 13.0. The smallest absolute Gasteiger partial charge is 0.255 e. The minimum absolute atomic E-state index is 0.202. The number of anilines is 1. The van der Waals surface area contributed by atoms with Gasteiger partial charge in [-0.1, -0.05) is 12.1 Å². The van der Waals surface area contributed by atoms with Gasteiger partial charge >= 0.3 is 0 Å². The first-order valence-electron chi connectivity index (χ1n) is 8.88. The molecule has 1 amide bonds. The van der Waals surface area contributed by atoms with Crippen molar-refractivity contribution in [3.05, 3.63) is 83.4 Å². The molecule has 3 aromatic carbocycles. The highest BCUT2D eigenvalue weighted by molar-refractivity contribution is 6.15. The second-order valence-electron chi connectivity index (χ2n) is 6.16. The fraction of sp³-hybridized carbons (Fsp3) is 0.130. The first-order valence-corrected chi connectivity index (χ1v) is 8.88. The number of rotatable bonds is 7. The number of carbonyl (C=O) groups is 2. The largest absolute Gasteiger partial charge is 0.497 e. The van der Waals surface area contributed by atoms with Crippen LogP contribution in [0.1, 0.15) is 26.3 Å². The van der Waals surface area contributed by atoms with Crippen molar-refractivity contribution in [2.45, 2.75) is 0 Å². The second-order valence-corrected chi connectivity index (χ2v) is 6.16. The summed E-state index contributed by atoms with van der Waals surface area (Å²) < 4.78 is 15.6. The summed E-state index contributed by atoms with van der Waals surface area (Å²) in [7, 11) is 4.59. The molecule has 0 aliphatic carbocycles. The molecule has 0 unspecified atom stereocenters. The Balaban J connectivity index is 1.89. The van der Waals surface area contributed by atoms with Crippen LogP contribution in [0.4, 0.5) is 5.69 Å². The number of nitrogens with one attached hydrogen (secondary N) is 1. The molecule has 1 N–H and O–H groups in total. The van der Waals surface area contributed by atoms with E-state index in [1.807, 2.05) is 0 Å². The molecule has 6 heteroatoms. The lowest BCUT2D eigenvalue weighted by Gasteiger charge is -2.12. The maximum Gasteiger partial charge on any atom is 0.255 e. The van der Waals surface area contributed by atoms with Crippen LogP contribution in [0, 0.1) is 0 Å². The van der Waals surface area contributed by atoms with Gasteiger partial charge in [0.15, 0.2) is 5.78 Å². The van der Waals surface area contributed by atoms with Crippen LogP contribution in [0.25, 0.3) is 0 Å². The van der Waals surface area contributed by atoms with Gasteiger partial charge < -0.3 is 19.5 Å². The molecule has 3 aromatic rings. The van der Waals surface area contributed by atoms with Crippen molar-refractivity contribution in [3.8, 4) is 17.2 Å². The zero-order valence-corrected chi connectivity index (χ0v) is 16.4. The SMILES string of the molecule is COc1ccc(C(=O)c2ccccc2NC(=O)c2cc(OC)cc(OC)c2)cc1. The first-order chi connectivity index (χ1) is 14.0. The number of amides is 1. The van der Waals surface area contributed by atoms with Crippen LogP contribution in [0.3, 0.4) is 0 Å². The molecular formula is C23H21NO5. The molecule has 0 radical (unpaired) electrons. The number of hydrogen-bond donors (Lipinski definition) is 1. The van der Waals surface area contributed by atoms with Crippen molar-refractivity contribution in [2.75, 3.05) is 26.6 Å². The van der Waals surface area contributed by atoms with Crippen LogP contribution in [0.5, 0.6) is 17.2 Å². The zero-order chi connectivity index (χ0) is 20.8. The van der Waals surface area contributed by atoms with Gasteiger partial charge in [0.2, 0.25) is 0 Å². The van der Waals surface area contributed by atoms with Crippen molar-refractivity contribution in [3.63, 3.8) is 0 Å². The van der Waals surface area contributed by atoms with E-state index in [9.17, 15) is 9.59 Å². The number of carbonyl (C=O) groups excluding carboxylic acids is 2. The van der Waals surface area contributed by atoms with Crippen LogP contribution in [-0.4, -0.2) is 33.0 Å². The van der Waals surface area contributed by atoms with Crippen LogP contribution >= 0.6 is 0 Å². The summed E-state index contributed by atoms with van der Waals surface area (Å²) in [6, 6.07) is 18.6. The highest BCUT2D eigenvalue weighted by Gasteiger charge is 2.17. The number of benzene rings is 3.